The fourth-order valence-corrected chi connectivity index (χ4v) is 2.84. The first-order valence-corrected chi connectivity index (χ1v) is 5.93. The number of nitriles is 1. The van der Waals surface area contributed by atoms with E-state index >= 15 is 0 Å². The Morgan fingerprint density at radius 2 is 2.27 bits per heavy atom. The highest BCUT2D eigenvalue weighted by Crippen LogP contribution is 2.23. The Kier molecular flexibility index (Phi) is 2.85. The molecule has 1 unspecified atom stereocenters. The molecule has 0 aliphatic rings. The van der Waals surface area contributed by atoms with Crippen molar-refractivity contribution in [3.05, 3.63) is 28.2 Å². The van der Waals surface area contributed by atoms with E-state index in [4.69, 9.17) is 17.5 Å². The molecule has 1 aromatic carbocycles. The molecule has 0 fully saturated rings. The van der Waals surface area contributed by atoms with Crippen molar-refractivity contribution in [2.75, 3.05) is 0 Å². The number of hydrogen-bond donors (Lipinski definition) is 0. The van der Waals surface area contributed by atoms with Gasteiger partial charge in [-0.2, -0.15) is 5.26 Å². The fourth-order valence-electron chi connectivity index (χ4n) is 1.50. The minimum absolute atomic E-state index is 0.00490. The molecule has 15 heavy (non-hydrogen) atoms. The summed E-state index contributed by atoms with van der Waals surface area (Å²) in [6, 6.07) is 10.3. The molecule has 0 N–H and O–H groups in total. The SMILES string of the molecule is CC(C#N)Cn1c(=S)sc2ccccc21. The third-order valence-electron chi connectivity index (χ3n) is 2.25. The second-order valence-electron chi connectivity index (χ2n) is 3.48. The Labute approximate surface area is 97.4 Å². The van der Waals surface area contributed by atoms with Crippen LogP contribution in [0.2, 0.25) is 0 Å². The van der Waals surface area contributed by atoms with Gasteiger partial charge in [-0.25, -0.2) is 0 Å². The van der Waals surface area contributed by atoms with Gasteiger partial charge in [0.1, 0.15) is 0 Å². The number of aromatic nitrogens is 1. The molecule has 0 saturated heterocycles. The number of rotatable bonds is 2. The predicted molar refractivity (Wildman–Crippen MR) is 65.4 cm³/mol. The third-order valence-corrected chi connectivity index (χ3v) is 3.68. The normalized spacial score (nSPS) is 12.5. The summed E-state index contributed by atoms with van der Waals surface area (Å²) < 4.78 is 4.08. The molecule has 2 rings (SSSR count). The second-order valence-corrected chi connectivity index (χ2v) is 5.15. The number of fused-ring (bicyclic) bond motifs is 1. The topological polar surface area (TPSA) is 28.7 Å². The largest absolute Gasteiger partial charge is 0.322 e. The van der Waals surface area contributed by atoms with Gasteiger partial charge in [0.05, 0.1) is 22.2 Å². The standard InChI is InChI=1S/C11H10N2S2/c1-8(6-12)7-13-9-4-2-3-5-10(9)15-11(13)14/h2-5,8H,7H2,1H3. The van der Waals surface area contributed by atoms with Gasteiger partial charge in [0.15, 0.2) is 3.95 Å². The van der Waals surface area contributed by atoms with E-state index in [0.29, 0.717) is 6.54 Å². The van der Waals surface area contributed by atoms with Crippen LogP contribution in [0.15, 0.2) is 24.3 Å². The van der Waals surface area contributed by atoms with Crippen LogP contribution >= 0.6 is 23.6 Å². The van der Waals surface area contributed by atoms with Crippen LogP contribution in [-0.2, 0) is 6.54 Å². The monoisotopic (exact) mass is 234 g/mol. The van der Waals surface area contributed by atoms with Crippen molar-refractivity contribution in [2.45, 2.75) is 13.5 Å². The summed E-state index contributed by atoms with van der Waals surface area (Å²) in [5, 5.41) is 8.80. The van der Waals surface area contributed by atoms with E-state index < -0.39 is 0 Å². The molecule has 0 radical (unpaired) electrons. The van der Waals surface area contributed by atoms with Crippen molar-refractivity contribution in [2.24, 2.45) is 5.92 Å². The zero-order chi connectivity index (χ0) is 10.8. The maximum atomic E-state index is 8.80. The summed E-state index contributed by atoms with van der Waals surface area (Å²) in [5.74, 6) is -0.00490. The predicted octanol–water partition coefficient (Wildman–Crippen LogP) is 3.59. The van der Waals surface area contributed by atoms with Crippen LogP contribution in [0, 0.1) is 21.2 Å². The number of para-hydroxylation sites is 1. The third kappa shape index (κ3) is 1.94. The molecule has 1 aromatic heterocycles. The zero-order valence-electron chi connectivity index (χ0n) is 8.30. The van der Waals surface area contributed by atoms with Crippen molar-refractivity contribution in [1.82, 2.24) is 4.57 Å². The van der Waals surface area contributed by atoms with Crippen molar-refractivity contribution in [3.63, 3.8) is 0 Å². The highest BCUT2D eigenvalue weighted by atomic mass is 32.1. The summed E-state index contributed by atoms with van der Waals surface area (Å²) in [7, 11) is 0. The molecule has 0 aliphatic heterocycles. The van der Waals surface area contributed by atoms with Crippen LogP contribution in [0.25, 0.3) is 10.2 Å². The van der Waals surface area contributed by atoms with E-state index in [0.717, 1.165) is 9.47 Å². The Bertz CT molecular complexity index is 574. The lowest BCUT2D eigenvalue weighted by Crippen LogP contribution is -2.04. The lowest BCUT2D eigenvalue weighted by Gasteiger charge is -2.05. The number of benzene rings is 1. The summed E-state index contributed by atoms with van der Waals surface area (Å²) in [4.78, 5) is 0. The van der Waals surface area contributed by atoms with Gasteiger partial charge in [-0.1, -0.05) is 12.1 Å². The van der Waals surface area contributed by atoms with Crippen LogP contribution in [0.5, 0.6) is 0 Å². The first kappa shape index (κ1) is 10.3. The van der Waals surface area contributed by atoms with Gasteiger partial charge in [-0.05, 0) is 31.3 Å². The van der Waals surface area contributed by atoms with Crippen LogP contribution in [0.1, 0.15) is 6.92 Å². The minimum Gasteiger partial charge on any atom is -0.322 e. The highest BCUT2D eigenvalue weighted by molar-refractivity contribution is 7.73. The Hall–Kier alpha value is -1.18. The van der Waals surface area contributed by atoms with Gasteiger partial charge in [0, 0.05) is 6.54 Å². The Balaban J connectivity index is 2.55. The Morgan fingerprint density at radius 3 is 3.00 bits per heavy atom. The second kappa shape index (κ2) is 4.13. The highest BCUT2D eigenvalue weighted by Gasteiger charge is 2.07. The molecule has 0 aliphatic carbocycles. The molecule has 0 saturated carbocycles. The Morgan fingerprint density at radius 1 is 1.53 bits per heavy atom. The molecular weight excluding hydrogens is 224 g/mol. The molecule has 4 heteroatoms. The van der Waals surface area contributed by atoms with Gasteiger partial charge in [0.25, 0.3) is 0 Å². The van der Waals surface area contributed by atoms with E-state index in [2.05, 4.69) is 12.1 Å². The average molecular weight is 234 g/mol. The van der Waals surface area contributed by atoms with Gasteiger partial charge >= 0.3 is 0 Å². The summed E-state index contributed by atoms with van der Waals surface area (Å²) in [6.07, 6.45) is 0. The summed E-state index contributed by atoms with van der Waals surface area (Å²) in [6.45, 7) is 2.59. The van der Waals surface area contributed by atoms with Crippen molar-refractivity contribution < 1.29 is 0 Å². The maximum absolute atomic E-state index is 8.80. The molecule has 76 valence electrons. The maximum Gasteiger partial charge on any atom is 0.162 e. The van der Waals surface area contributed by atoms with Crippen LogP contribution in [-0.4, -0.2) is 4.57 Å². The molecule has 1 atom stereocenters. The molecule has 0 amide bonds. The van der Waals surface area contributed by atoms with Gasteiger partial charge in [0.2, 0.25) is 0 Å². The number of thiazole rings is 1. The number of nitrogens with zero attached hydrogens (tertiary/aromatic N) is 2. The van der Waals surface area contributed by atoms with Crippen molar-refractivity contribution in [1.29, 1.82) is 5.26 Å². The quantitative estimate of drug-likeness (QED) is 0.743. The minimum atomic E-state index is -0.00490. The van der Waals surface area contributed by atoms with Crippen molar-refractivity contribution >= 4 is 33.8 Å². The summed E-state index contributed by atoms with van der Waals surface area (Å²) in [5.41, 5.74) is 1.13. The van der Waals surface area contributed by atoms with E-state index in [1.54, 1.807) is 11.3 Å². The van der Waals surface area contributed by atoms with E-state index in [1.807, 2.05) is 29.7 Å². The molecule has 2 aromatic rings. The lowest BCUT2D eigenvalue weighted by molar-refractivity contribution is 0.594. The van der Waals surface area contributed by atoms with E-state index in [-0.39, 0.29) is 5.92 Å². The zero-order valence-corrected chi connectivity index (χ0v) is 9.94. The van der Waals surface area contributed by atoms with Crippen LogP contribution < -0.4 is 0 Å². The van der Waals surface area contributed by atoms with Crippen LogP contribution in [0.4, 0.5) is 0 Å². The molecular formula is C11H10N2S2. The van der Waals surface area contributed by atoms with Gasteiger partial charge in [-0.15, -0.1) is 11.3 Å². The van der Waals surface area contributed by atoms with Gasteiger partial charge in [-0.3, -0.25) is 0 Å². The van der Waals surface area contributed by atoms with Gasteiger partial charge < -0.3 is 4.57 Å². The lowest BCUT2D eigenvalue weighted by atomic mass is 10.2. The smallest absolute Gasteiger partial charge is 0.162 e. The van der Waals surface area contributed by atoms with E-state index in [9.17, 15) is 0 Å². The fraction of sp³-hybridized carbons (Fsp3) is 0.273. The first-order chi connectivity index (χ1) is 7.22. The van der Waals surface area contributed by atoms with E-state index in [1.165, 1.54) is 4.70 Å². The molecule has 0 bridgehead atoms. The first-order valence-electron chi connectivity index (χ1n) is 4.70. The molecule has 2 nitrogen and oxygen atoms in total. The van der Waals surface area contributed by atoms with Crippen LogP contribution in [0.3, 0.4) is 0 Å². The molecule has 0 spiro atoms. The van der Waals surface area contributed by atoms with Crippen molar-refractivity contribution in [3.8, 4) is 6.07 Å². The number of hydrogen-bond acceptors (Lipinski definition) is 3. The average Bonchev–Trinajstić information content (AvgIpc) is 2.55. The molecule has 1 heterocycles. The summed E-state index contributed by atoms with van der Waals surface area (Å²) >= 11 is 6.89.